The van der Waals surface area contributed by atoms with Crippen molar-refractivity contribution in [2.75, 3.05) is 0 Å². The van der Waals surface area contributed by atoms with Gasteiger partial charge in [0.25, 0.3) is 0 Å². The number of amides is 2. The minimum absolute atomic E-state index is 0.124. The van der Waals surface area contributed by atoms with Crippen molar-refractivity contribution in [2.24, 2.45) is 0 Å². The van der Waals surface area contributed by atoms with Crippen molar-refractivity contribution in [1.29, 1.82) is 0 Å². The molecule has 164 valence electrons. The summed E-state index contributed by atoms with van der Waals surface area (Å²) in [7, 11) is 0. The van der Waals surface area contributed by atoms with Crippen molar-refractivity contribution >= 4 is 11.8 Å². The van der Waals surface area contributed by atoms with Crippen molar-refractivity contribution in [3.05, 3.63) is 106 Å². The van der Waals surface area contributed by atoms with Gasteiger partial charge >= 0.3 is 0 Å². The Balaban J connectivity index is 1.83. The van der Waals surface area contributed by atoms with Crippen LogP contribution in [0.1, 0.15) is 59.3 Å². The van der Waals surface area contributed by atoms with Crippen LogP contribution in [0.5, 0.6) is 0 Å². The lowest BCUT2D eigenvalue weighted by Gasteiger charge is -2.30. The van der Waals surface area contributed by atoms with Crippen LogP contribution in [-0.4, -0.2) is 11.8 Å². The van der Waals surface area contributed by atoms with E-state index in [4.69, 9.17) is 0 Å². The van der Waals surface area contributed by atoms with E-state index < -0.39 is 0 Å². The lowest BCUT2D eigenvalue weighted by atomic mass is 9.90. The van der Waals surface area contributed by atoms with E-state index in [1.54, 1.807) is 0 Å². The van der Waals surface area contributed by atoms with Crippen molar-refractivity contribution in [1.82, 2.24) is 10.6 Å². The number of hydrogen-bond acceptors (Lipinski definition) is 2. The smallest absolute Gasteiger partial charge is 0.217 e. The summed E-state index contributed by atoms with van der Waals surface area (Å²) in [5, 5.41) is 6.20. The summed E-state index contributed by atoms with van der Waals surface area (Å²) < 4.78 is 0. The molecule has 4 heteroatoms. The summed E-state index contributed by atoms with van der Waals surface area (Å²) in [6.07, 6.45) is 3.77. The average Bonchev–Trinajstić information content (AvgIpc) is 2.78. The Hall–Kier alpha value is -3.40. The lowest BCUT2D eigenvalue weighted by molar-refractivity contribution is -0.122. The third-order valence-corrected chi connectivity index (χ3v) is 6.07. The van der Waals surface area contributed by atoms with Crippen LogP contribution in [0.25, 0.3) is 0 Å². The Labute approximate surface area is 190 Å². The molecule has 0 saturated carbocycles. The third kappa shape index (κ3) is 5.44. The zero-order chi connectivity index (χ0) is 22.5. The molecule has 2 N–H and O–H groups in total. The molecular formula is C28H30N2O2. The standard InChI is InChI=1S/C28H30N2O2/c1-19(31)29-27-25-10-4-8-23(17-25)14-12-21-6-3-7-22(16-21)13-15-24-9-5-11-26(18-24)28(27)30-20(2)32/h3-11,16-18,27-28H,12-15H2,1-2H3,(H,29,31)(H,30,32)/t27-,28+. The molecule has 4 nitrogen and oxygen atoms in total. The number of nitrogens with one attached hydrogen (secondary N) is 2. The Kier molecular flexibility index (Phi) is 6.69. The fourth-order valence-corrected chi connectivity index (χ4v) is 4.56. The van der Waals surface area contributed by atoms with Crippen LogP contribution in [0, 0.1) is 0 Å². The first-order valence-electron chi connectivity index (χ1n) is 11.3. The average molecular weight is 427 g/mol. The van der Waals surface area contributed by atoms with Crippen LogP contribution in [0.3, 0.4) is 0 Å². The van der Waals surface area contributed by atoms with Gasteiger partial charge in [-0.05, 0) is 59.1 Å². The maximum Gasteiger partial charge on any atom is 0.217 e. The van der Waals surface area contributed by atoms with E-state index in [2.05, 4.69) is 59.2 Å². The molecule has 0 radical (unpaired) electrons. The molecule has 3 aromatic rings. The van der Waals surface area contributed by atoms with Crippen molar-refractivity contribution in [2.45, 2.75) is 51.6 Å². The highest BCUT2D eigenvalue weighted by atomic mass is 16.2. The monoisotopic (exact) mass is 426 g/mol. The molecule has 6 bridgehead atoms. The van der Waals surface area contributed by atoms with Gasteiger partial charge in [0.1, 0.15) is 0 Å². The number of aryl methyl sites for hydroxylation is 4. The van der Waals surface area contributed by atoms with Crippen LogP contribution in [0.2, 0.25) is 0 Å². The minimum atomic E-state index is -0.363. The molecule has 0 saturated heterocycles. The largest absolute Gasteiger partial charge is 0.347 e. The first-order chi connectivity index (χ1) is 15.5. The first-order valence-corrected chi connectivity index (χ1v) is 11.3. The topological polar surface area (TPSA) is 58.2 Å². The van der Waals surface area contributed by atoms with E-state index in [9.17, 15) is 9.59 Å². The van der Waals surface area contributed by atoms with Gasteiger partial charge in [-0.3, -0.25) is 9.59 Å². The molecule has 32 heavy (non-hydrogen) atoms. The number of benzene rings is 3. The first kappa shape index (κ1) is 21.8. The van der Waals surface area contributed by atoms with E-state index in [1.807, 2.05) is 24.3 Å². The Morgan fingerprint density at radius 2 is 0.938 bits per heavy atom. The second-order valence-electron chi connectivity index (χ2n) is 8.67. The fourth-order valence-electron chi connectivity index (χ4n) is 4.56. The second-order valence-corrected chi connectivity index (χ2v) is 8.67. The summed E-state index contributed by atoms with van der Waals surface area (Å²) >= 11 is 0. The highest BCUT2D eigenvalue weighted by Gasteiger charge is 2.27. The summed E-state index contributed by atoms with van der Waals surface area (Å²) in [4.78, 5) is 24.3. The Bertz CT molecular complexity index is 1040. The van der Waals surface area contributed by atoms with Gasteiger partial charge < -0.3 is 10.6 Å². The van der Waals surface area contributed by atoms with E-state index in [0.29, 0.717) is 0 Å². The van der Waals surface area contributed by atoms with Crippen LogP contribution < -0.4 is 10.6 Å². The molecule has 2 amide bonds. The molecule has 0 spiro atoms. The summed E-state index contributed by atoms with van der Waals surface area (Å²) in [5.74, 6) is -0.248. The quantitative estimate of drug-likeness (QED) is 0.628. The van der Waals surface area contributed by atoms with Crippen LogP contribution in [0.4, 0.5) is 0 Å². The van der Waals surface area contributed by atoms with E-state index in [-0.39, 0.29) is 23.9 Å². The third-order valence-electron chi connectivity index (χ3n) is 6.07. The zero-order valence-electron chi connectivity index (χ0n) is 18.7. The van der Waals surface area contributed by atoms with Crippen molar-refractivity contribution in [3.63, 3.8) is 0 Å². The van der Waals surface area contributed by atoms with Gasteiger partial charge in [-0.15, -0.1) is 0 Å². The molecule has 4 rings (SSSR count). The van der Waals surface area contributed by atoms with Gasteiger partial charge in [0.15, 0.2) is 0 Å². The molecule has 0 unspecified atom stereocenters. The van der Waals surface area contributed by atoms with Crippen molar-refractivity contribution in [3.8, 4) is 0 Å². The van der Waals surface area contributed by atoms with Gasteiger partial charge in [0, 0.05) is 13.8 Å². The molecule has 1 aliphatic carbocycles. The van der Waals surface area contributed by atoms with Gasteiger partial charge in [-0.2, -0.15) is 0 Å². The molecule has 1 aliphatic rings. The van der Waals surface area contributed by atoms with Crippen LogP contribution in [-0.2, 0) is 35.3 Å². The summed E-state index contributed by atoms with van der Waals surface area (Å²) in [6.45, 7) is 3.04. The van der Waals surface area contributed by atoms with E-state index >= 15 is 0 Å². The van der Waals surface area contributed by atoms with Crippen LogP contribution >= 0.6 is 0 Å². The number of carbonyl (C=O) groups excluding carboxylic acids is 2. The predicted molar refractivity (Wildman–Crippen MR) is 127 cm³/mol. The maximum absolute atomic E-state index is 12.2. The fraction of sp³-hybridized carbons (Fsp3) is 0.286. The molecule has 0 aromatic heterocycles. The second kappa shape index (κ2) is 9.82. The minimum Gasteiger partial charge on any atom is -0.347 e. The normalized spacial score (nSPS) is 18.1. The number of fused-ring (bicyclic) bond motifs is 6. The number of rotatable bonds is 2. The number of carbonyl (C=O) groups is 2. The van der Waals surface area contributed by atoms with Crippen molar-refractivity contribution < 1.29 is 9.59 Å². The molecule has 0 heterocycles. The molecule has 0 fully saturated rings. The van der Waals surface area contributed by atoms with Crippen LogP contribution in [0.15, 0.2) is 72.8 Å². The molecule has 3 aromatic carbocycles. The summed E-state index contributed by atoms with van der Waals surface area (Å²) in [6, 6.07) is 24.8. The van der Waals surface area contributed by atoms with Gasteiger partial charge in [0.05, 0.1) is 12.1 Å². The molecule has 2 atom stereocenters. The lowest BCUT2D eigenvalue weighted by Crippen LogP contribution is -2.39. The summed E-state index contributed by atoms with van der Waals surface area (Å²) in [5.41, 5.74) is 7.09. The number of hydrogen-bond donors (Lipinski definition) is 2. The highest BCUT2D eigenvalue weighted by molar-refractivity contribution is 5.75. The van der Waals surface area contributed by atoms with E-state index in [0.717, 1.165) is 36.8 Å². The Morgan fingerprint density at radius 3 is 1.31 bits per heavy atom. The van der Waals surface area contributed by atoms with Gasteiger partial charge in [-0.25, -0.2) is 0 Å². The molecular weight excluding hydrogens is 396 g/mol. The van der Waals surface area contributed by atoms with E-state index in [1.165, 1.54) is 36.1 Å². The van der Waals surface area contributed by atoms with Gasteiger partial charge in [0.2, 0.25) is 11.8 Å². The predicted octanol–water partition coefficient (Wildman–Crippen LogP) is 4.63. The maximum atomic E-state index is 12.2. The molecule has 0 aliphatic heterocycles. The van der Waals surface area contributed by atoms with Gasteiger partial charge in [-0.1, -0.05) is 72.8 Å². The zero-order valence-corrected chi connectivity index (χ0v) is 18.7. The SMILES string of the molecule is CC(=O)N[C@@H]1c2cccc(c2)CCc2cccc(c2)CCc2cccc(c2)[C@@H]1NC(C)=O. The Morgan fingerprint density at radius 1 is 0.594 bits per heavy atom. The highest BCUT2D eigenvalue weighted by Crippen LogP contribution is 2.31.